The van der Waals surface area contributed by atoms with E-state index in [-0.39, 0.29) is 11.7 Å². The minimum Gasteiger partial charge on any atom is -0.476 e. The summed E-state index contributed by atoms with van der Waals surface area (Å²) in [4.78, 5) is 10.7. The second-order valence-electron chi connectivity index (χ2n) is 3.59. The van der Waals surface area contributed by atoms with Gasteiger partial charge < -0.3 is 5.11 Å². The van der Waals surface area contributed by atoms with Crippen molar-refractivity contribution in [3.05, 3.63) is 46.2 Å². The van der Waals surface area contributed by atoms with E-state index in [1.54, 1.807) is 0 Å². The van der Waals surface area contributed by atoms with Crippen molar-refractivity contribution in [3.63, 3.8) is 0 Å². The van der Waals surface area contributed by atoms with E-state index in [0.717, 1.165) is 10.0 Å². The molecule has 0 bridgehead atoms. The van der Waals surface area contributed by atoms with Gasteiger partial charge in [0, 0.05) is 4.47 Å². The average Bonchev–Trinajstić information content (AvgIpc) is 2.78. The van der Waals surface area contributed by atoms with Crippen molar-refractivity contribution in [1.82, 2.24) is 15.0 Å². The van der Waals surface area contributed by atoms with Crippen molar-refractivity contribution >= 4 is 21.9 Å². The quantitative estimate of drug-likeness (QED) is 0.944. The average molecular weight is 296 g/mol. The fourth-order valence-corrected chi connectivity index (χ4v) is 2.14. The first-order chi connectivity index (χ1) is 8.09. The van der Waals surface area contributed by atoms with Crippen LogP contribution < -0.4 is 0 Å². The van der Waals surface area contributed by atoms with Gasteiger partial charge in [0.05, 0.1) is 12.2 Å². The zero-order chi connectivity index (χ0) is 12.4. The highest BCUT2D eigenvalue weighted by Gasteiger charge is 2.15. The second-order valence-corrected chi connectivity index (χ2v) is 4.44. The van der Waals surface area contributed by atoms with Crippen LogP contribution in [0.3, 0.4) is 0 Å². The Morgan fingerprint density at radius 1 is 1.47 bits per heavy atom. The summed E-state index contributed by atoms with van der Waals surface area (Å²) in [7, 11) is 0. The van der Waals surface area contributed by atoms with E-state index in [9.17, 15) is 4.79 Å². The largest absolute Gasteiger partial charge is 0.476 e. The lowest BCUT2D eigenvalue weighted by Gasteiger charge is -2.13. The molecule has 88 valence electrons. The molecule has 0 saturated heterocycles. The van der Waals surface area contributed by atoms with Crippen LogP contribution in [0.15, 0.2) is 34.9 Å². The molecule has 0 spiro atoms. The molecule has 1 aromatic carbocycles. The number of nitrogens with zero attached hydrogens (tertiary/aromatic N) is 3. The monoisotopic (exact) mass is 295 g/mol. The predicted octanol–water partition coefficient (Wildman–Crippen LogP) is 2.35. The molecule has 1 N–H and O–H groups in total. The summed E-state index contributed by atoms with van der Waals surface area (Å²) in [6.45, 7) is 1.93. The molecule has 17 heavy (non-hydrogen) atoms. The summed E-state index contributed by atoms with van der Waals surface area (Å²) < 4.78 is 2.49. The van der Waals surface area contributed by atoms with E-state index in [0.29, 0.717) is 0 Å². The Kier molecular flexibility index (Phi) is 3.23. The summed E-state index contributed by atoms with van der Waals surface area (Å²) in [5, 5.41) is 16.2. The molecule has 2 aromatic rings. The molecule has 1 atom stereocenters. The Morgan fingerprint density at radius 3 is 2.76 bits per heavy atom. The van der Waals surface area contributed by atoms with Gasteiger partial charge in [0.15, 0.2) is 5.69 Å². The number of halogens is 1. The van der Waals surface area contributed by atoms with E-state index in [2.05, 4.69) is 26.2 Å². The van der Waals surface area contributed by atoms with Crippen LogP contribution >= 0.6 is 15.9 Å². The minimum absolute atomic E-state index is 0.0519. The van der Waals surface area contributed by atoms with Crippen molar-refractivity contribution in [3.8, 4) is 0 Å². The van der Waals surface area contributed by atoms with Crippen molar-refractivity contribution in [2.45, 2.75) is 13.0 Å². The van der Waals surface area contributed by atoms with Gasteiger partial charge in [-0.2, -0.15) is 0 Å². The van der Waals surface area contributed by atoms with Gasteiger partial charge in [0.1, 0.15) is 0 Å². The van der Waals surface area contributed by atoms with E-state index in [4.69, 9.17) is 5.11 Å². The number of carbonyl (C=O) groups is 1. The molecule has 5 nitrogen and oxygen atoms in total. The summed E-state index contributed by atoms with van der Waals surface area (Å²) in [6, 6.07) is 7.65. The number of rotatable bonds is 3. The topological polar surface area (TPSA) is 68.0 Å². The van der Waals surface area contributed by atoms with Gasteiger partial charge in [-0.25, -0.2) is 9.48 Å². The number of hydrogen-bond donors (Lipinski definition) is 1. The van der Waals surface area contributed by atoms with Gasteiger partial charge >= 0.3 is 5.97 Å². The zero-order valence-corrected chi connectivity index (χ0v) is 10.6. The summed E-state index contributed by atoms with van der Waals surface area (Å²) in [5.74, 6) is -1.07. The Hall–Kier alpha value is -1.69. The van der Waals surface area contributed by atoms with Gasteiger partial charge in [-0.15, -0.1) is 5.10 Å². The smallest absolute Gasteiger partial charge is 0.358 e. The number of aromatic nitrogens is 3. The lowest BCUT2D eigenvalue weighted by molar-refractivity contribution is 0.0690. The third-order valence-electron chi connectivity index (χ3n) is 2.48. The van der Waals surface area contributed by atoms with Gasteiger partial charge in [-0.05, 0) is 18.6 Å². The van der Waals surface area contributed by atoms with E-state index in [1.165, 1.54) is 10.9 Å². The Morgan fingerprint density at radius 2 is 2.18 bits per heavy atom. The van der Waals surface area contributed by atoms with Gasteiger partial charge in [-0.1, -0.05) is 39.3 Å². The molecule has 0 aliphatic carbocycles. The number of carboxylic acid groups (broad SMARTS) is 1. The fraction of sp³-hybridized carbons (Fsp3) is 0.182. The maximum Gasteiger partial charge on any atom is 0.358 e. The summed E-state index contributed by atoms with van der Waals surface area (Å²) in [6.07, 6.45) is 1.42. The maximum atomic E-state index is 10.7. The molecule has 0 fully saturated rings. The summed E-state index contributed by atoms with van der Waals surface area (Å²) >= 11 is 3.45. The minimum atomic E-state index is -1.07. The highest BCUT2D eigenvalue weighted by molar-refractivity contribution is 9.10. The molecule has 0 radical (unpaired) electrons. The fourth-order valence-electron chi connectivity index (χ4n) is 1.52. The first-order valence-corrected chi connectivity index (χ1v) is 5.78. The number of hydrogen-bond acceptors (Lipinski definition) is 3. The summed E-state index contributed by atoms with van der Waals surface area (Å²) in [5.41, 5.74) is 0.971. The molecule has 0 amide bonds. The van der Waals surface area contributed by atoms with Crippen LogP contribution in [0, 0.1) is 0 Å². The van der Waals surface area contributed by atoms with Crippen LogP contribution in [0.1, 0.15) is 29.0 Å². The van der Waals surface area contributed by atoms with Crippen molar-refractivity contribution in [2.75, 3.05) is 0 Å². The van der Waals surface area contributed by atoms with Crippen molar-refractivity contribution in [2.24, 2.45) is 0 Å². The van der Waals surface area contributed by atoms with Crippen molar-refractivity contribution < 1.29 is 9.90 Å². The van der Waals surface area contributed by atoms with Gasteiger partial charge in [-0.3, -0.25) is 0 Å². The van der Waals surface area contributed by atoms with Crippen LogP contribution in [0.4, 0.5) is 0 Å². The molecule has 0 aliphatic heterocycles. The predicted molar refractivity (Wildman–Crippen MR) is 64.9 cm³/mol. The van der Waals surface area contributed by atoms with E-state index in [1.807, 2.05) is 31.2 Å². The third kappa shape index (κ3) is 2.36. The maximum absolute atomic E-state index is 10.7. The molecular formula is C11H10BrN3O2. The van der Waals surface area contributed by atoms with Crippen LogP contribution in [0.25, 0.3) is 0 Å². The number of aromatic carboxylic acids is 1. The standard InChI is InChI=1S/C11H10BrN3O2/c1-7(8-4-2-3-5-9(8)12)15-6-10(11(16)17)13-14-15/h2-7H,1H3,(H,16,17). The molecular weight excluding hydrogens is 286 g/mol. The van der Waals surface area contributed by atoms with E-state index >= 15 is 0 Å². The van der Waals surface area contributed by atoms with Crippen LogP contribution in [-0.2, 0) is 0 Å². The molecule has 2 rings (SSSR count). The Labute approximate surface area is 106 Å². The lowest BCUT2D eigenvalue weighted by Crippen LogP contribution is -2.08. The lowest BCUT2D eigenvalue weighted by atomic mass is 10.1. The molecule has 6 heteroatoms. The molecule has 1 aromatic heterocycles. The number of carboxylic acids is 1. The first kappa shape index (κ1) is 11.8. The molecule has 1 unspecified atom stereocenters. The second kappa shape index (κ2) is 4.67. The molecule has 0 aliphatic rings. The van der Waals surface area contributed by atoms with Crippen LogP contribution in [-0.4, -0.2) is 26.1 Å². The van der Waals surface area contributed by atoms with Crippen LogP contribution in [0.5, 0.6) is 0 Å². The Bertz CT molecular complexity index is 553. The van der Waals surface area contributed by atoms with Gasteiger partial charge in [0.25, 0.3) is 0 Å². The normalized spacial score (nSPS) is 12.4. The van der Waals surface area contributed by atoms with Crippen LogP contribution in [0.2, 0.25) is 0 Å². The number of benzene rings is 1. The zero-order valence-electron chi connectivity index (χ0n) is 9.04. The molecule has 1 heterocycles. The third-order valence-corrected chi connectivity index (χ3v) is 3.20. The SMILES string of the molecule is CC(c1ccccc1Br)n1cc(C(=O)O)nn1. The van der Waals surface area contributed by atoms with Crippen molar-refractivity contribution in [1.29, 1.82) is 0 Å². The first-order valence-electron chi connectivity index (χ1n) is 4.99. The van der Waals surface area contributed by atoms with E-state index < -0.39 is 5.97 Å². The van der Waals surface area contributed by atoms with Gasteiger partial charge in [0.2, 0.25) is 0 Å². The highest BCUT2D eigenvalue weighted by atomic mass is 79.9. The Balaban J connectivity index is 2.34. The highest BCUT2D eigenvalue weighted by Crippen LogP contribution is 2.25. The molecule has 0 saturated carbocycles.